The summed E-state index contributed by atoms with van der Waals surface area (Å²) in [5.74, 6) is -0.917. The first-order chi connectivity index (χ1) is 15.4. The number of piperazine rings is 1. The van der Waals surface area contributed by atoms with Gasteiger partial charge in [0.05, 0.1) is 12.7 Å². The van der Waals surface area contributed by atoms with E-state index in [1.54, 1.807) is 12.1 Å². The third kappa shape index (κ3) is 6.27. The van der Waals surface area contributed by atoms with Gasteiger partial charge in [-0.3, -0.25) is 9.69 Å². The Morgan fingerprint density at radius 2 is 1.59 bits per heavy atom. The summed E-state index contributed by atoms with van der Waals surface area (Å²) in [7, 11) is 0. The molecule has 0 aromatic heterocycles. The highest BCUT2D eigenvalue weighted by Gasteiger charge is 2.27. The molecule has 0 bridgehead atoms. The van der Waals surface area contributed by atoms with E-state index in [-0.39, 0.29) is 30.1 Å². The van der Waals surface area contributed by atoms with Crippen LogP contribution in [-0.2, 0) is 16.1 Å². The van der Waals surface area contributed by atoms with Crippen molar-refractivity contribution in [1.82, 2.24) is 9.80 Å². The van der Waals surface area contributed by atoms with Gasteiger partial charge >= 0.3 is 0 Å². The van der Waals surface area contributed by atoms with Crippen molar-refractivity contribution in [3.8, 4) is 0 Å². The van der Waals surface area contributed by atoms with Crippen LogP contribution < -0.4 is 0 Å². The molecule has 2 aromatic carbocycles. The lowest BCUT2D eigenvalue weighted by Crippen LogP contribution is -2.51. The van der Waals surface area contributed by atoms with Crippen LogP contribution in [0.5, 0.6) is 0 Å². The Morgan fingerprint density at radius 1 is 1.00 bits per heavy atom. The number of ether oxygens (including phenoxy) is 1. The normalized spacial score (nSPS) is 15.9. The second-order valence-electron chi connectivity index (χ2n) is 8.19. The highest BCUT2D eigenvalue weighted by molar-refractivity contribution is 6.30. The van der Waals surface area contributed by atoms with E-state index in [1.807, 2.05) is 17.0 Å². The van der Waals surface area contributed by atoms with Crippen LogP contribution in [0.25, 0.3) is 0 Å². The predicted octanol–water partition coefficient (Wildman–Crippen LogP) is 5.46. The summed E-state index contributed by atoms with van der Waals surface area (Å²) in [6, 6.07) is 11.1. The fourth-order valence-electron chi connectivity index (χ4n) is 4.07. The lowest BCUT2D eigenvalue weighted by molar-refractivity contribution is -0.137. The number of hydrogen-bond acceptors (Lipinski definition) is 3. The van der Waals surface area contributed by atoms with Gasteiger partial charge in [0.2, 0.25) is 5.91 Å². The van der Waals surface area contributed by atoms with Crippen molar-refractivity contribution in [3.63, 3.8) is 0 Å². The molecule has 0 spiro atoms. The summed E-state index contributed by atoms with van der Waals surface area (Å²) in [6.45, 7) is 7.29. The van der Waals surface area contributed by atoms with E-state index in [4.69, 9.17) is 16.3 Å². The Balaban J connectivity index is 1.66. The Kier molecular flexibility index (Phi) is 9.02. The average Bonchev–Trinajstić information content (AvgIpc) is 2.79. The molecular formula is C25H31ClF2N2O2. The summed E-state index contributed by atoms with van der Waals surface area (Å²) in [6.07, 6.45) is 1.33. The zero-order valence-electron chi connectivity index (χ0n) is 18.7. The molecule has 1 amide bonds. The molecule has 1 aliphatic heterocycles. The molecule has 3 rings (SSSR count). The number of hydrogen-bond donors (Lipinski definition) is 0. The molecule has 1 aliphatic rings. The van der Waals surface area contributed by atoms with E-state index in [9.17, 15) is 13.6 Å². The number of benzene rings is 2. The lowest BCUT2D eigenvalue weighted by Gasteiger charge is -2.37. The van der Waals surface area contributed by atoms with Crippen LogP contribution in [0.4, 0.5) is 8.78 Å². The first-order valence-electron chi connectivity index (χ1n) is 11.2. The molecule has 1 saturated heterocycles. The Morgan fingerprint density at radius 3 is 2.16 bits per heavy atom. The molecule has 1 fully saturated rings. The van der Waals surface area contributed by atoms with Gasteiger partial charge in [0.1, 0.15) is 11.6 Å². The molecule has 0 radical (unpaired) electrons. The van der Waals surface area contributed by atoms with Gasteiger partial charge in [-0.2, -0.15) is 0 Å². The zero-order valence-corrected chi connectivity index (χ0v) is 19.5. The average molecular weight is 465 g/mol. The Bertz CT molecular complexity index is 862. The molecule has 7 heteroatoms. The number of rotatable bonds is 9. The highest BCUT2D eigenvalue weighted by atomic mass is 35.5. The third-order valence-electron chi connectivity index (χ3n) is 6.18. The first kappa shape index (κ1) is 24.6. The number of nitrogens with zero attached hydrogens (tertiary/aromatic N) is 2. The van der Waals surface area contributed by atoms with E-state index in [1.165, 1.54) is 18.2 Å². The van der Waals surface area contributed by atoms with Crippen molar-refractivity contribution in [3.05, 3.63) is 70.2 Å². The maximum atomic E-state index is 14.1. The van der Waals surface area contributed by atoms with Crippen LogP contribution in [0.2, 0.25) is 5.02 Å². The van der Waals surface area contributed by atoms with Crippen LogP contribution in [0.3, 0.4) is 0 Å². The molecule has 0 N–H and O–H groups in total. The van der Waals surface area contributed by atoms with Crippen molar-refractivity contribution in [2.45, 2.75) is 39.4 Å². The van der Waals surface area contributed by atoms with Crippen molar-refractivity contribution < 1.29 is 18.3 Å². The number of amides is 1. The summed E-state index contributed by atoms with van der Waals surface area (Å²) in [4.78, 5) is 16.8. The SMILES string of the molecule is CCC(CC)C(=O)N1CCN(C[C@@H](OCc2c(F)cccc2F)c2ccc(Cl)cc2)CC1. The van der Waals surface area contributed by atoms with E-state index in [2.05, 4.69) is 18.7 Å². The highest BCUT2D eigenvalue weighted by Crippen LogP contribution is 2.25. The Labute approximate surface area is 194 Å². The smallest absolute Gasteiger partial charge is 0.225 e. The Hall–Kier alpha value is -2.02. The monoisotopic (exact) mass is 464 g/mol. The molecule has 0 aliphatic carbocycles. The summed E-state index contributed by atoms with van der Waals surface area (Å²) >= 11 is 6.03. The van der Waals surface area contributed by atoms with Gasteiger partial charge in [-0.05, 0) is 42.7 Å². The van der Waals surface area contributed by atoms with Gasteiger partial charge in [0, 0.05) is 49.2 Å². The van der Waals surface area contributed by atoms with Crippen molar-refractivity contribution >= 4 is 17.5 Å². The fourth-order valence-corrected chi connectivity index (χ4v) is 4.19. The first-order valence-corrected chi connectivity index (χ1v) is 11.6. The van der Waals surface area contributed by atoms with E-state index in [0.717, 1.165) is 31.5 Å². The van der Waals surface area contributed by atoms with Crippen LogP contribution >= 0.6 is 11.6 Å². The summed E-state index contributed by atoms with van der Waals surface area (Å²) < 4.78 is 34.2. The van der Waals surface area contributed by atoms with Gasteiger partial charge in [0.15, 0.2) is 0 Å². The molecule has 32 heavy (non-hydrogen) atoms. The van der Waals surface area contributed by atoms with Crippen LogP contribution in [0.15, 0.2) is 42.5 Å². The van der Waals surface area contributed by atoms with Gasteiger partial charge in [-0.1, -0.05) is 43.6 Å². The molecule has 1 atom stereocenters. The molecular weight excluding hydrogens is 434 g/mol. The lowest BCUT2D eigenvalue weighted by atomic mass is 10.0. The van der Waals surface area contributed by atoms with E-state index < -0.39 is 11.6 Å². The molecule has 0 unspecified atom stereocenters. The summed E-state index contributed by atoms with van der Waals surface area (Å²) in [5, 5.41) is 0.612. The van der Waals surface area contributed by atoms with E-state index >= 15 is 0 Å². The second kappa shape index (κ2) is 11.7. The molecule has 0 saturated carbocycles. The van der Waals surface area contributed by atoms with Crippen LogP contribution in [0, 0.1) is 17.6 Å². The topological polar surface area (TPSA) is 32.8 Å². The van der Waals surface area contributed by atoms with Crippen molar-refractivity contribution in [2.24, 2.45) is 5.92 Å². The molecule has 4 nitrogen and oxygen atoms in total. The van der Waals surface area contributed by atoms with Crippen LogP contribution in [0.1, 0.15) is 43.9 Å². The van der Waals surface area contributed by atoms with E-state index in [0.29, 0.717) is 24.7 Å². The quantitative estimate of drug-likeness (QED) is 0.494. The number of carbonyl (C=O) groups excluding carboxylic acids is 1. The minimum absolute atomic E-state index is 0.0768. The molecule has 174 valence electrons. The van der Waals surface area contributed by atoms with Gasteiger partial charge in [-0.25, -0.2) is 8.78 Å². The molecule has 2 aromatic rings. The van der Waals surface area contributed by atoms with Gasteiger partial charge in [-0.15, -0.1) is 0 Å². The minimum Gasteiger partial charge on any atom is -0.367 e. The third-order valence-corrected chi connectivity index (χ3v) is 6.43. The second-order valence-corrected chi connectivity index (χ2v) is 8.63. The predicted molar refractivity (Wildman–Crippen MR) is 122 cm³/mol. The maximum Gasteiger partial charge on any atom is 0.225 e. The van der Waals surface area contributed by atoms with Gasteiger partial charge in [0.25, 0.3) is 0 Å². The maximum absolute atomic E-state index is 14.1. The van der Waals surface area contributed by atoms with Crippen LogP contribution in [-0.4, -0.2) is 48.4 Å². The zero-order chi connectivity index (χ0) is 23.1. The summed E-state index contributed by atoms with van der Waals surface area (Å²) in [5.41, 5.74) is 0.814. The number of halogens is 3. The molecule has 1 heterocycles. The van der Waals surface area contributed by atoms with Crippen molar-refractivity contribution in [2.75, 3.05) is 32.7 Å². The van der Waals surface area contributed by atoms with Gasteiger partial charge < -0.3 is 9.64 Å². The number of carbonyl (C=O) groups is 1. The largest absolute Gasteiger partial charge is 0.367 e. The minimum atomic E-state index is -0.617. The fraction of sp³-hybridized carbons (Fsp3) is 0.480. The van der Waals surface area contributed by atoms with Crippen molar-refractivity contribution in [1.29, 1.82) is 0 Å². The standard InChI is InChI=1S/C25H31ClF2N2O2/c1-3-18(4-2)25(31)30-14-12-29(13-15-30)16-24(19-8-10-20(26)11-9-19)32-17-21-22(27)6-5-7-23(21)28/h5-11,18,24H,3-4,12-17H2,1-2H3/t24-/m1/s1.